The van der Waals surface area contributed by atoms with Gasteiger partial charge >= 0.3 is 6.18 Å². The highest BCUT2D eigenvalue weighted by molar-refractivity contribution is 7.95. The van der Waals surface area contributed by atoms with Gasteiger partial charge in [0.25, 0.3) is 0 Å². The molecule has 0 saturated carbocycles. The maximum Gasteiger partial charge on any atom is 0.417 e. The maximum absolute atomic E-state index is 12.3. The van der Waals surface area contributed by atoms with Crippen molar-refractivity contribution < 1.29 is 21.6 Å². The minimum atomic E-state index is -4.54. The van der Waals surface area contributed by atoms with Crippen LogP contribution in [-0.2, 0) is 16.0 Å². The zero-order chi connectivity index (χ0) is 13.3. The van der Waals surface area contributed by atoms with Gasteiger partial charge in [0.1, 0.15) is 0 Å². The van der Waals surface area contributed by atoms with Gasteiger partial charge in [-0.15, -0.1) is 0 Å². The summed E-state index contributed by atoms with van der Waals surface area (Å²) < 4.78 is 58.5. The molecule has 0 saturated heterocycles. The monoisotopic (exact) mass is 282 g/mol. The Bertz CT molecular complexity index is 594. The molecule has 0 spiro atoms. The summed E-state index contributed by atoms with van der Waals surface area (Å²) in [7, 11) is -3.50. The number of hydrogen-bond donors (Lipinski definition) is 0. The third-order valence-electron chi connectivity index (χ3n) is 1.66. The largest absolute Gasteiger partial charge is 0.417 e. The summed E-state index contributed by atoms with van der Waals surface area (Å²) in [5.74, 6) is 2.21. The minimum Gasteiger partial charge on any atom is -0.216 e. The van der Waals surface area contributed by atoms with Gasteiger partial charge in [0.05, 0.1) is 16.8 Å². The van der Waals surface area contributed by atoms with Gasteiger partial charge < -0.3 is 0 Å². The SMILES string of the molecule is CS(=O)(=O)C#Cc1ccc(C(F)(F)F)c(Cl)c1. The zero-order valence-electron chi connectivity index (χ0n) is 8.47. The Balaban J connectivity index is 3.18. The van der Waals surface area contributed by atoms with E-state index >= 15 is 0 Å². The van der Waals surface area contributed by atoms with Crippen LogP contribution in [0.5, 0.6) is 0 Å². The van der Waals surface area contributed by atoms with Crippen molar-refractivity contribution >= 4 is 21.4 Å². The molecule has 7 heteroatoms. The first-order chi connectivity index (χ1) is 7.59. The molecule has 0 radical (unpaired) electrons. The Hall–Kier alpha value is -1.19. The lowest BCUT2D eigenvalue weighted by Crippen LogP contribution is -2.05. The fraction of sp³-hybridized carbons (Fsp3) is 0.200. The van der Waals surface area contributed by atoms with Crippen LogP contribution in [0.4, 0.5) is 13.2 Å². The van der Waals surface area contributed by atoms with Crippen molar-refractivity contribution in [1.29, 1.82) is 0 Å². The average molecular weight is 283 g/mol. The van der Waals surface area contributed by atoms with Crippen molar-refractivity contribution in [3.63, 3.8) is 0 Å². The quantitative estimate of drug-likeness (QED) is 0.686. The molecule has 0 bridgehead atoms. The number of halogens is 4. The third kappa shape index (κ3) is 4.29. The molecule has 92 valence electrons. The molecule has 0 aliphatic heterocycles. The van der Waals surface area contributed by atoms with E-state index in [-0.39, 0.29) is 5.56 Å². The van der Waals surface area contributed by atoms with E-state index in [0.29, 0.717) is 0 Å². The second-order valence-corrected chi connectivity index (χ2v) is 5.35. The molecular weight excluding hydrogens is 277 g/mol. The summed E-state index contributed by atoms with van der Waals surface area (Å²) >= 11 is 5.43. The van der Waals surface area contributed by atoms with Gasteiger partial charge in [-0.1, -0.05) is 11.6 Å². The lowest BCUT2D eigenvalue weighted by molar-refractivity contribution is -0.137. The fourth-order valence-corrected chi connectivity index (χ4v) is 1.57. The van der Waals surface area contributed by atoms with Gasteiger partial charge in [-0.25, -0.2) is 8.42 Å². The van der Waals surface area contributed by atoms with Gasteiger partial charge in [0.15, 0.2) is 0 Å². The van der Waals surface area contributed by atoms with Gasteiger partial charge in [-0.05, 0) is 24.1 Å². The van der Waals surface area contributed by atoms with Crippen LogP contribution in [0.15, 0.2) is 18.2 Å². The van der Waals surface area contributed by atoms with Gasteiger partial charge in [0, 0.05) is 10.8 Å². The number of alkyl halides is 3. The molecule has 0 amide bonds. The Morgan fingerprint density at radius 3 is 2.29 bits per heavy atom. The molecule has 1 aromatic rings. The van der Waals surface area contributed by atoms with Crippen molar-refractivity contribution in [2.24, 2.45) is 0 Å². The molecule has 1 rings (SSSR count). The third-order valence-corrected chi connectivity index (χ3v) is 2.44. The lowest BCUT2D eigenvalue weighted by Gasteiger charge is -2.08. The van der Waals surface area contributed by atoms with Crippen molar-refractivity contribution in [3.8, 4) is 11.2 Å². The van der Waals surface area contributed by atoms with E-state index in [9.17, 15) is 21.6 Å². The highest BCUT2D eigenvalue weighted by Crippen LogP contribution is 2.34. The number of hydrogen-bond acceptors (Lipinski definition) is 2. The first kappa shape index (κ1) is 13.9. The summed E-state index contributed by atoms with van der Waals surface area (Å²) in [6, 6.07) is 2.80. The minimum absolute atomic E-state index is 0.105. The molecule has 0 heterocycles. The second-order valence-electron chi connectivity index (χ2n) is 3.19. The van der Waals surface area contributed by atoms with Crippen LogP contribution in [-0.4, -0.2) is 14.7 Å². The number of benzene rings is 1. The lowest BCUT2D eigenvalue weighted by atomic mass is 10.1. The Morgan fingerprint density at radius 1 is 1.29 bits per heavy atom. The van der Waals surface area contributed by atoms with Crippen LogP contribution in [0.3, 0.4) is 0 Å². The molecule has 1 aromatic carbocycles. The fourth-order valence-electron chi connectivity index (χ4n) is 0.974. The average Bonchev–Trinajstić information content (AvgIpc) is 2.11. The van der Waals surface area contributed by atoms with E-state index in [0.717, 1.165) is 24.5 Å². The van der Waals surface area contributed by atoms with E-state index < -0.39 is 26.6 Å². The molecule has 2 nitrogen and oxygen atoms in total. The van der Waals surface area contributed by atoms with Crippen LogP contribution in [0.1, 0.15) is 11.1 Å². The van der Waals surface area contributed by atoms with Gasteiger partial charge in [-0.3, -0.25) is 0 Å². The molecule has 0 aromatic heterocycles. The predicted octanol–water partition coefficient (Wildman–Crippen LogP) is 2.71. The standard InChI is InChI=1S/C10H6ClF3O2S/c1-17(15,16)5-4-7-2-3-8(9(11)6-7)10(12,13)14/h2-3,6H,1H3. The molecule has 0 atom stereocenters. The van der Waals surface area contributed by atoms with E-state index in [1.807, 2.05) is 5.25 Å². The van der Waals surface area contributed by atoms with E-state index in [1.165, 1.54) is 0 Å². The topological polar surface area (TPSA) is 34.1 Å². The zero-order valence-corrected chi connectivity index (χ0v) is 10.0. The van der Waals surface area contributed by atoms with Gasteiger partial charge in [-0.2, -0.15) is 13.2 Å². The number of sulfone groups is 1. The molecule has 17 heavy (non-hydrogen) atoms. The van der Waals surface area contributed by atoms with Crippen LogP contribution in [0.2, 0.25) is 5.02 Å². The van der Waals surface area contributed by atoms with Gasteiger partial charge in [0.2, 0.25) is 9.84 Å². The molecule has 0 unspecified atom stereocenters. The van der Waals surface area contributed by atoms with Crippen molar-refractivity contribution in [3.05, 3.63) is 34.3 Å². The summed E-state index contributed by atoms with van der Waals surface area (Å²) in [5, 5.41) is 1.39. The molecule has 0 N–H and O–H groups in total. The maximum atomic E-state index is 12.3. The predicted molar refractivity (Wildman–Crippen MR) is 58.2 cm³/mol. The van der Waals surface area contributed by atoms with Crippen LogP contribution >= 0.6 is 11.6 Å². The summed E-state index contributed by atoms with van der Waals surface area (Å²) in [4.78, 5) is 0. The van der Waals surface area contributed by atoms with Crippen LogP contribution < -0.4 is 0 Å². The van der Waals surface area contributed by atoms with E-state index in [1.54, 1.807) is 0 Å². The summed E-state index contributed by atoms with van der Waals surface area (Å²) in [5.41, 5.74) is -0.877. The summed E-state index contributed by atoms with van der Waals surface area (Å²) in [6.45, 7) is 0. The normalized spacial score (nSPS) is 11.8. The molecule has 0 aliphatic carbocycles. The van der Waals surface area contributed by atoms with Crippen LogP contribution in [0.25, 0.3) is 0 Å². The number of rotatable bonds is 0. The molecule has 0 aliphatic rings. The summed E-state index contributed by atoms with van der Waals surface area (Å²) in [6.07, 6.45) is -3.65. The highest BCUT2D eigenvalue weighted by atomic mass is 35.5. The first-order valence-electron chi connectivity index (χ1n) is 4.19. The Kier molecular flexibility index (Phi) is 3.74. The molecular formula is C10H6ClF3O2S. The molecule has 0 fully saturated rings. The van der Waals surface area contributed by atoms with Crippen LogP contribution in [0, 0.1) is 11.2 Å². The van der Waals surface area contributed by atoms with E-state index in [2.05, 4.69) is 5.92 Å². The second kappa shape index (κ2) is 4.59. The first-order valence-corrected chi connectivity index (χ1v) is 6.46. The Morgan fingerprint density at radius 2 is 1.88 bits per heavy atom. The Labute approximate surface area is 101 Å². The van der Waals surface area contributed by atoms with Crippen molar-refractivity contribution in [2.75, 3.05) is 6.26 Å². The van der Waals surface area contributed by atoms with Crippen molar-refractivity contribution in [2.45, 2.75) is 6.18 Å². The van der Waals surface area contributed by atoms with E-state index in [4.69, 9.17) is 11.6 Å². The smallest absolute Gasteiger partial charge is 0.216 e. The van der Waals surface area contributed by atoms with Crippen molar-refractivity contribution in [1.82, 2.24) is 0 Å². The highest BCUT2D eigenvalue weighted by Gasteiger charge is 2.32.